The van der Waals surface area contributed by atoms with Gasteiger partial charge in [-0.05, 0) is 26.7 Å². The number of unbranched alkanes of at least 4 members (excludes halogenated alkanes) is 2. The Kier molecular flexibility index (Phi) is 6.76. The van der Waals surface area contributed by atoms with Gasteiger partial charge in [0.05, 0.1) is 6.10 Å². The van der Waals surface area contributed by atoms with E-state index in [4.69, 9.17) is 9.84 Å². The Morgan fingerprint density at radius 3 is 2.50 bits per heavy atom. The number of hydrogen-bond donors (Lipinski definition) is 1. The molecule has 0 aliphatic carbocycles. The molecule has 0 unspecified atom stereocenters. The summed E-state index contributed by atoms with van der Waals surface area (Å²) >= 11 is 0. The van der Waals surface area contributed by atoms with E-state index in [0.29, 0.717) is 6.42 Å². The first kappa shape index (κ1) is 11.4. The predicted octanol–water partition coefficient (Wildman–Crippen LogP) is 1.49. The van der Waals surface area contributed by atoms with Crippen LogP contribution in [0.15, 0.2) is 0 Å². The second-order valence-corrected chi connectivity index (χ2v) is 3.07. The Morgan fingerprint density at radius 2 is 2.00 bits per heavy atom. The maximum atomic E-state index is 10.9. The minimum Gasteiger partial charge on any atom is -0.463 e. The summed E-state index contributed by atoms with van der Waals surface area (Å²) in [5, 5.41) is 8.46. The lowest BCUT2D eigenvalue weighted by molar-refractivity contribution is -0.147. The fraction of sp³-hybridized carbons (Fsp3) is 0.889. The lowest BCUT2D eigenvalue weighted by atomic mass is 10.2. The molecule has 0 aliphatic heterocycles. The fourth-order valence-electron chi connectivity index (χ4n) is 0.880. The van der Waals surface area contributed by atoms with Crippen molar-refractivity contribution in [3.63, 3.8) is 0 Å². The quantitative estimate of drug-likeness (QED) is 0.490. The van der Waals surface area contributed by atoms with E-state index in [1.807, 2.05) is 13.8 Å². The first-order valence-electron chi connectivity index (χ1n) is 4.47. The summed E-state index contributed by atoms with van der Waals surface area (Å²) in [6.45, 7) is 3.89. The summed E-state index contributed by atoms with van der Waals surface area (Å²) in [6, 6.07) is 0. The van der Waals surface area contributed by atoms with E-state index in [9.17, 15) is 4.79 Å². The maximum absolute atomic E-state index is 10.9. The molecule has 12 heavy (non-hydrogen) atoms. The third kappa shape index (κ3) is 7.54. The average Bonchev–Trinajstić information content (AvgIpc) is 1.97. The van der Waals surface area contributed by atoms with Gasteiger partial charge in [-0.3, -0.25) is 4.79 Å². The van der Waals surface area contributed by atoms with Crippen LogP contribution < -0.4 is 0 Å². The Morgan fingerprint density at radius 1 is 1.33 bits per heavy atom. The standard InChI is InChI=1S/C9H18O3/c1-8(2)12-9(11)6-4-3-5-7-10/h8,10H,3-7H2,1-2H3. The van der Waals surface area contributed by atoms with Gasteiger partial charge in [0.1, 0.15) is 0 Å². The Labute approximate surface area is 73.7 Å². The SMILES string of the molecule is CC(C)OC(=O)CCCCCO. The molecule has 0 heterocycles. The number of hydrogen-bond acceptors (Lipinski definition) is 3. The number of aliphatic hydroxyl groups is 1. The molecule has 0 radical (unpaired) electrons. The van der Waals surface area contributed by atoms with Crippen LogP contribution in [0.25, 0.3) is 0 Å². The van der Waals surface area contributed by atoms with Crippen molar-refractivity contribution in [1.82, 2.24) is 0 Å². The van der Waals surface area contributed by atoms with Gasteiger partial charge >= 0.3 is 5.97 Å². The molecule has 0 atom stereocenters. The van der Waals surface area contributed by atoms with Crippen molar-refractivity contribution in [2.24, 2.45) is 0 Å². The van der Waals surface area contributed by atoms with Crippen molar-refractivity contribution in [2.75, 3.05) is 6.61 Å². The predicted molar refractivity (Wildman–Crippen MR) is 46.8 cm³/mol. The summed E-state index contributed by atoms with van der Waals surface area (Å²) in [6.07, 6.45) is 2.93. The summed E-state index contributed by atoms with van der Waals surface area (Å²) in [4.78, 5) is 10.9. The van der Waals surface area contributed by atoms with Crippen LogP contribution in [0, 0.1) is 0 Å². The molecule has 0 fully saturated rings. The molecule has 3 heteroatoms. The molecule has 0 saturated carbocycles. The van der Waals surface area contributed by atoms with Gasteiger partial charge in [-0.25, -0.2) is 0 Å². The number of esters is 1. The Balaban J connectivity index is 3.20. The van der Waals surface area contributed by atoms with Gasteiger partial charge in [-0.2, -0.15) is 0 Å². The highest BCUT2D eigenvalue weighted by Gasteiger charge is 2.03. The van der Waals surface area contributed by atoms with Crippen molar-refractivity contribution in [3.05, 3.63) is 0 Å². The largest absolute Gasteiger partial charge is 0.463 e. The highest BCUT2D eigenvalue weighted by molar-refractivity contribution is 5.69. The van der Waals surface area contributed by atoms with E-state index in [-0.39, 0.29) is 18.7 Å². The van der Waals surface area contributed by atoms with Crippen molar-refractivity contribution < 1.29 is 14.6 Å². The molecular formula is C9H18O3. The van der Waals surface area contributed by atoms with Crippen molar-refractivity contribution in [1.29, 1.82) is 0 Å². The zero-order valence-corrected chi connectivity index (χ0v) is 7.88. The molecule has 3 nitrogen and oxygen atoms in total. The normalized spacial score (nSPS) is 10.3. The second-order valence-electron chi connectivity index (χ2n) is 3.07. The van der Waals surface area contributed by atoms with Crippen LogP contribution in [0.3, 0.4) is 0 Å². The van der Waals surface area contributed by atoms with E-state index < -0.39 is 0 Å². The molecule has 0 spiro atoms. The maximum Gasteiger partial charge on any atom is 0.306 e. The highest BCUT2D eigenvalue weighted by atomic mass is 16.5. The lowest BCUT2D eigenvalue weighted by Crippen LogP contribution is -2.10. The lowest BCUT2D eigenvalue weighted by Gasteiger charge is -2.06. The summed E-state index contributed by atoms with van der Waals surface area (Å²) in [5.41, 5.74) is 0. The minimum atomic E-state index is -0.136. The third-order valence-corrected chi connectivity index (χ3v) is 1.41. The number of aliphatic hydroxyl groups excluding tert-OH is 1. The third-order valence-electron chi connectivity index (χ3n) is 1.41. The van der Waals surface area contributed by atoms with Gasteiger partial charge < -0.3 is 9.84 Å². The molecule has 0 amide bonds. The van der Waals surface area contributed by atoms with Gasteiger partial charge in [-0.15, -0.1) is 0 Å². The number of rotatable bonds is 6. The van der Waals surface area contributed by atoms with Crippen molar-refractivity contribution in [3.8, 4) is 0 Å². The van der Waals surface area contributed by atoms with Crippen LogP contribution in [0.4, 0.5) is 0 Å². The van der Waals surface area contributed by atoms with Gasteiger partial charge in [0.25, 0.3) is 0 Å². The molecule has 0 aromatic rings. The molecule has 1 N–H and O–H groups in total. The van der Waals surface area contributed by atoms with Gasteiger partial charge in [0.15, 0.2) is 0 Å². The van der Waals surface area contributed by atoms with Crippen LogP contribution in [-0.2, 0) is 9.53 Å². The second kappa shape index (κ2) is 7.10. The average molecular weight is 174 g/mol. The topological polar surface area (TPSA) is 46.5 Å². The number of carbonyl (C=O) groups is 1. The molecule has 0 saturated heterocycles. The van der Waals surface area contributed by atoms with Crippen LogP contribution in [0.1, 0.15) is 39.5 Å². The van der Waals surface area contributed by atoms with E-state index in [2.05, 4.69) is 0 Å². The van der Waals surface area contributed by atoms with Crippen LogP contribution in [-0.4, -0.2) is 23.8 Å². The van der Waals surface area contributed by atoms with Gasteiger partial charge in [-0.1, -0.05) is 6.42 Å². The molecule has 72 valence electrons. The summed E-state index contributed by atoms with van der Waals surface area (Å²) in [5.74, 6) is -0.136. The van der Waals surface area contributed by atoms with Crippen LogP contribution >= 0.6 is 0 Å². The van der Waals surface area contributed by atoms with E-state index >= 15 is 0 Å². The molecule has 0 aromatic carbocycles. The Hall–Kier alpha value is -0.570. The van der Waals surface area contributed by atoms with Crippen LogP contribution in [0.2, 0.25) is 0 Å². The van der Waals surface area contributed by atoms with Crippen molar-refractivity contribution >= 4 is 5.97 Å². The fourth-order valence-corrected chi connectivity index (χ4v) is 0.880. The molecule has 0 aliphatic rings. The molecular weight excluding hydrogens is 156 g/mol. The molecule has 0 bridgehead atoms. The first-order valence-corrected chi connectivity index (χ1v) is 4.47. The van der Waals surface area contributed by atoms with E-state index in [0.717, 1.165) is 19.3 Å². The van der Waals surface area contributed by atoms with Crippen LogP contribution in [0.5, 0.6) is 0 Å². The zero-order chi connectivity index (χ0) is 9.40. The van der Waals surface area contributed by atoms with Crippen molar-refractivity contribution in [2.45, 2.75) is 45.6 Å². The smallest absolute Gasteiger partial charge is 0.306 e. The van der Waals surface area contributed by atoms with Gasteiger partial charge in [0, 0.05) is 13.0 Å². The number of carbonyl (C=O) groups excluding carboxylic acids is 1. The van der Waals surface area contributed by atoms with Gasteiger partial charge in [0.2, 0.25) is 0 Å². The zero-order valence-electron chi connectivity index (χ0n) is 7.88. The highest BCUT2D eigenvalue weighted by Crippen LogP contribution is 2.02. The Bertz CT molecular complexity index is 121. The number of ether oxygens (including phenoxy) is 1. The van der Waals surface area contributed by atoms with E-state index in [1.54, 1.807) is 0 Å². The monoisotopic (exact) mass is 174 g/mol. The summed E-state index contributed by atoms with van der Waals surface area (Å²) < 4.78 is 4.93. The van der Waals surface area contributed by atoms with E-state index in [1.165, 1.54) is 0 Å². The first-order chi connectivity index (χ1) is 5.66. The summed E-state index contributed by atoms with van der Waals surface area (Å²) in [7, 11) is 0. The minimum absolute atomic E-state index is 0.0182. The molecule has 0 rings (SSSR count). The molecule has 0 aromatic heterocycles.